The number of amides is 2. The molecule has 0 unspecified atom stereocenters. The van der Waals surface area contributed by atoms with Crippen LogP contribution in [-0.2, 0) is 11.4 Å². The Morgan fingerprint density at radius 2 is 1.80 bits per heavy atom. The normalized spacial score (nSPS) is 14.6. The van der Waals surface area contributed by atoms with E-state index in [1.54, 1.807) is 24.3 Å². The number of thioether (sulfide) groups is 1. The number of rotatable bonds is 8. The molecule has 9 heteroatoms. The van der Waals surface area contributed by atoms with Crippen LogP contribution < -0.4 is 9.47 Å². The molecule has 0 aromatic heterocycles. The minimum atomic E-state index is -0.362. The summed E-state index contributed by atoms with van der Waals surface area (Å²) in [5.74, 6) is 0.799. The van der Waals surface area contributed by atoms with E-state index in [1.165, 1.54) is 4.90 Å². The molecule has 0 N–H and O–H groups in total. The van der Waals surface area contributed by atoms with Gasteiger partial charge in [-0.3, -0.25) is 14.5 Å². The molecule has 1 fully saturated rings. The van der Waals surface area contributed by atoms with Crippen LogP contribution in [0.1, 0.15) is 16.7 Å². The highest BCUT2D eigenvalue weighted by Crippen LogP contribution is 2.38. The van der Waals surface area contributed by atoms with Gasteiger partial charge in [-0.2, -0.15) is 0 Å². The summed E-state index contributed by atoms with van der Waals surface area (Å²) in [6.07, 6.45) is 1.64. The maximum atomic E-state index is 12.8. The minimum Gasteiger partial charge on any atom is -0.492 e. The van der Waals surface area contributed by atoms with Crippen molar-refractivity contribution in [1.29, 1.82) is 0 Å². The molecule has 4 rings (SSSR count). The number of carbonyl (C=O) groups excluding carboxylic acids is 2. The van der Waals surface area contributed by atoms with E-state index in [9.17, 15) is 9.59 Å². The second-order valence-corrected chi connectivity index (χ2v) is 10.4. The van der Waals surface area contributed by atoms with Crippen molar-refractivity contribution in [2.75, 3.05) is 13.2 Å². The van der Waals surface area contributed by atoms with Crippen LogP contribution >= 0.6 is 50.9 Å². The molecule has 5 nitrogen and oxygen atoms in total. The Labute approximate surface area is 226 Å². The van der Waals surface area contributed by atoms with Crippen molar-refractivity contribution in [2.45, 2.75) is 13.5 Å². The first kappa shape index (κ1) is 25.6. The summed E-state index contributed by atoms with van der Waals surface area (Å²) in [5.41, 5.74) is 2.57. The topological polar surface area (TPSA) is 55.8 Å². The van der Waals surface area contributed by atoms with Crippen LogP contribution in [0.3, 0.4) is 0 Å². The van der Waals surface area contributed by atoms with E-state index >= 15 is 0 Å². The fraction of sp³-hybridized carbons (Fsp3) is 0.154. The van der Waals surface area contributed by atoms with Gasteiger partial charge in [-0.15, -0.1) is 0 Å². The van der Waals surface area contributed by atoms with Crippen LogP contribution in [0.25, 0.3) is 6.08 Å². The third-order valence-electron chi connectivity index (χ3n) is 5.09. The van der Waals surface area contributed by atoms with Crippen molar-refractivity contribution >= 4 is 68.1 Å². The smallest absolute Gasteiger partial charge is 0.293 e. The van der Waals surface area contributed by atoms with Gasteiger partial charge < -0.3 is 9.47 Å². The molecule has 3 aromatic carbocycles. The van der Waals surface area contributed by atoms with Gasteiger partial charge in [-0.25, -0.2) is 0 Å². The predicted octanol–water partition coefficient (Wildman–Crippen LogP) is 7.76. The largest absolute Gasteiger partial charge is 0.492 e. The number of hydrogen-bond acceptors (Lipinski definition) is 5. The summed E-state index contributed by atoms with van der Waals surface area (Å²) in [4.78, 5) is 26.7. The number of ether oxygens (including phenoxy) is 2. The van der Waals surface area contributed by atoms with E-state index in [2.05, 4.69) is 15.9 Å². The van der Waals surface area contributed by atoms with Crippen LogP contribution in [0.4, 0.5) is 4.79 Å². The van der Waals surface area contributed by atoms with Gasteiger partial charge in [0.15, 0.2) is 5.75 Å². The Hall–Kier alpha value is -2.45. The molecule has 2 amide bonds. The monoisotopic (exact) mass is 591 g/mol. The van der Waals surface area contributed by atoms with Crippen molar-refractivity contribution in [3.05, 3.63) is 96.8 Å². The van der Waals surface area contributed by atoms with Gasteiger partial charge in [0.05, 0.1) is 20.9 Å². The Morgan fingerprint density at radius 3 is 2.54 bits per heavy atom. The number of hydrogen-bond donors (Lipinski definition) is 0. The predicted molar refractivity (Wildman–Crippen MR) is 144 cm³/mol. The molecule has 1 heterocycles. The van der Waals surface area contributed by atoms with Gasteiger partial charge in [0.25, 0.3) is 11.1 Å². The lowest BCUT2D eigenvalue weighted by Crippen LogP contribution is -2.32. The fourth-order valence-corrected chi connectivity index (χ4v) is 5.41. The Morgan fingerprint density at radius 1 is 1.00 bits per heavy atom. The highest BCUT2D eigenvalue weighted by Gasteiger charge is 2.34. The average molecular weight is 593 g/mol. The van der Waals surface area contributed by atoms with E-state index in [1.807, 2.05) is 49.4 Å². The first-order valence-electron chi connectivity index (χ1n) is 10.6. The summed E-state index contributed by atoms with van der Waals surface area (Å²) >= 11 is 17.0. The molecule has 0 saturated carbocycles. The molecule has 1 aliphatic rings. The van der Waals surface area contributed by atoms with Gasteiger partial charge >= 0.3 is 0 Å². The van der Waals surface area contributed by atoms with E-state index in [-0.39, 0.29) is 30.9 Å². The summed E-state index contributed by atoms with van der Waals surface area (Å²) in [5, 5.41) is 0.638. The number of halogens is 3. The van der Waals surface area contributed by atoms with E-state index in [0.29, 0.717) is 36.5 Å². The number of nitrogens with zero attached hydrogens (tertiary/aromatic N) is 1. The fourth-order valence-electron chi connectivity index (χ4n) is 3.37. The standard InChI is InChI=1S/C26H20BrCl2NO4S/c1-16-5-4-7-19(11-16)33-10-9-30-25(31)23(35-26(30)32)14-17-12-20(27)24(22(29)13-17)34-15-18-6-2-3-8-21(18)28/h2-8,11-14H,9-10,15H2,1H3/b23-14-. The SMILES string of the molecule is Cc1cccc(OCCN2C(=O)S/C(=C\c3cc(Cl)c(OCc4ccccc4Cl)c(Br)c3)C2=O)c1. The molecule has 1 aliphatic heterocycles. The number of carbonyl (C=O) groups is 2. The van der Waals surface area contributed by atoms with Crippen molar-refractivity contribution in [1.82, 2.24) is 4.90 Å². The lowest BCUT2D eigenvalue weighted by Gasteiger charge is -2.13. The van der Waals surface area contributed by atoms with Gasteiger partial charge in [0.2, 0.25) is 0 Å². The summed E-state index contributed by atoms with van der Waals surface area (Å²) < 4.78 is 12.2. The Kier molecular flexibility index (Phi) is 8.44. The lowest BCUT2D eigenvalue weighted by atomic mass is 10.2. The molecule has 0 spiro atoms. The lowest BCUT2D eigenvalue weighted by molar-refractivity contribution is -0.123. The van der Waals surface area contributed by atoms with Crippen LogP contribution in [0.15, 0.2) is 70.0 Å². The van der Waals surface area contributed by atoms with Gasteiger partial charge in [0.1, 0.15) is 19.0 Å². The van der Waals surface area contributed by atoms with Crippen molar-refractivity contribution in [2.24, 2.45) is 0 Å². The zero-order valence-corrected chi connectivity index (χ0v) is 22.5. The van der Waals surface area contributed by atoms with E-state index in [4.69, 9.17) is 32.7 Å². The molecule has 180 valence electrons. The van der Waals surface area contributed by atoms with Crippen LogP contribution in [0.5, 0.6) is 11.5 Å². The second kappa shape index (κ2) is 11.5. The Balaban J connectivity index is 1.41. The average Bonchev–Trinajstić information content (AvgIpc) is 3.07. The van der Waals surface area contributed by atoms with Crippen molar-refractivity contribution in [3.8, 4) is 11.5 Å². The van der Waals surface area contributed by atoms with E-state index in [0.717, 1.165) is 22.9 Å². The van der Waals surface area contributed by atoms with Gasteiger partial charge in [-0.1, -0.05) is 53.5 Å². The minimum absolute atomic E-state index is 0.162. The molecule has 0 bridgehead atoms. The molecule has 0 radical (unpaired) electrons. The maximum absolute atomic E-state index is 12.8. The van der Waals surface area contributed by atoms with Crippen LogP contribution in [-0.4, -0.2) is 29.2 Å². The molecule has 35 heavy (non-hydrogen) atoms. The van der Waals surface area contributed by atoms with Crippen LogP contribution in [0.2, 0.25) is 10.0 Å². The van der Waals surface area contributed by atoms with Crippen molar-refractivity contribution < 1.29 is 19.1 Å². The first-order chi connectivity index (χ1) is 16.8. The molecular formula is C26H20BrCl2NO4S. The number of benzene rings is 3. The third-order valence-corrected chi connectivity index (χ3v) is 7.24. The third kappa shape index (κ3) is 6.41. The molecular weight excluding hydrogens is 573 g/mol. The maximum Gasteiger partial charge on any atom is 0.293 e. The zero-order valence-electron chi connectivity index (χ0n) is 18.6. The molecule has 0 atom stereocenters. The molecule has 1 saturated heterocycles. The number of aryl methyl sites for hydroxylation is 1. The number of imide groups is 1. The highest BCUT2D eigenvalue weighted by atomic mass is 79.9. The first-order valence-corrected chi connectivity index (χ1v) is 13.0. The molecule has 0 aliphatic carbocycles. The van der Waals surface area contributed by atoms with E-state index < -0.39 is 0 Å². The van der Waals surface area contributed by atoms with Gasteiger partial charge in [-0.05, 0) is 82.2 Å². The summed E-state index contributed by atoms with van der Waals surface area (Å²) in [6.45, 7) is 2.59. The second-order valence-electron chi connectivity index (χ2n) is 7.69. The van der Waals surface area contributed by atoms with Gasteiger partial charge in [0, 0.05) is 10.6 Å². The van der Waals surface area contributed by atoms with Crippen LogP contribution in [0, 0.1) is 6.92 Å². The summed E-state index contributed by atoms with van der Waals surface area (Å²) in [7, 11) is 0. The quantitative estimate of drug-likeness (QED) is 0.250. The molecule has 3 aromatic rings. The Bertz CT molecular complexity index is 1290. The highest BCUT2D eigenvalue weighted by molar-refractivity contribution is 9.10. The summed E-state index contributed by atoms with van der Waals surface area (Å²) in [6, 6.07) is 18.5. The van der Waals surface area contributed by atoms with Crippen molar-refractivity contribution in [3.63, 3.8) is 0 Å². The zero-order chi connectivity index (χ0) is 24.9.